The number of carbonyl (C=O) groups excluding carboxylic acids is 2. The molecule has 5 nitrogen and oxygen atoms in total. The first-order chi connectivity index (χ1) is 14.1. The van der Waals surface area contributed by atoms with Crippen molar-refractivity contribution >= 4 is 28.3 Å². The second-order valence-corrected chi connectivity index (χ2v) is 7.22. The number of hydrogen-bond donors (Lipinski definition) is 2. The molecule has 3 aromatic rings. The van der Waals surface area contributed by atoms with Gasteiger partial charge in [-0.1, -0.05) is 30.3 Å². The van der Waals surface area contributed by atoms with Crippen LogP contribution in [0.15, 0.2) is 48.5 Å². The second kappa shape index (κ2) is 8.31. The number of amides is 1. The molecule has 1 heterocycles. The lowest BCUT2D eigenvalue weighted by atomic mass is 10.0. The van der Waals surface area contributed by atoms with E-state index >= 15 is 0 Å². The minimum Gasteiger partial charge on any atom is -0.358 e. The van der Waals surface area contributed by atoms with Crippen LogP contribution < -0.4 is 5.32 Å². The zero-order chi connectivity index (χ0) is 22.1. The Morgan fingerprint density at radius 2 is 1.73 bits per heavy atom. The fraction of sp³-hybridized carbons (Fsp3) is 0.273. The van der Waals surface area contributed by atoms with Crippen molar-refractivity contribution < 1.29 is 22.8 Å². The molecule has 1 atom stereocenters. The van der Waals surface area contributed by atoms with Crippen LogP contribution in [0.25, 0.3) is 10.9 Å². The normalized spacial score (nSPS) is 12.9. The van der Waals surface area contributed by atoms with Crippen molar-refractivity contribution in [2.24, 2.45) is 0 Å². The number of aromatic nitrogens is 1. The van der Waals surface area contributed by atoms with Crippen LogP contribution in [0.1, 0.15) is 28.5 Å². The summed E-state index contributed by atoms with van der Waals surface area (Å²) in [6.45, 7) is 3.24. The van der Waals surface area contributed by atoms with E-state index in [1.165, 1.54) is 23.1 Å². The predicted octanol–water partition coefficient (Wildman–Crippen LogP) is 4.64. The number of aryl methyl sites for hydroxylation is 1. The third kappa shape index (κ3) is 4.38. The van der Waals surface area contributed by atoms with Gasteiger partial charge in [-0.05, 0) is 39.1 Å². The number of nitrogens with one attached hydrogen (secondary N) is 2. The molecule has 0 fully saturated rings. The van der Waals surface area contributed by atoms with Crippen molar-refractivity contribution in [2.75, 3.05) is 18.9 Å². The molecule has 2 aromatic carbocycles. The summed E-state index contributed by atoms with van der Waals surface area (Å²) < 4.78 is 39.3. The van der Waals surface area contributed by atoms with Gasteiger partial charge in [0.25, 0.3) is 0 Å². The van der Waals surface area contributed by atoms with Gasteiger partial charge in [-0.2, -0.15) is 13.2 Å². The maximum atomic E-state index is 13.1. The lowest BCUT2D eigenvalue weighted by molar-refractivity contribution is -0.137. The molecular formula is C22H22F3N3O2. The molecule has 158 valence electrons. The van der Waals surface area contributed by atoms with Gasteiger partial charge >= 0.3 is 6.18 Å². The maximum Gasteiger partial charge on any atom is 0.418 e. The average molecular weight is 417 g/mol. The Bertz CT molecular complexity index is 1090. The molecular weight excluding hydrogens is 395 g/mol. The fourth-order valence-corrected chi connectivity index (χ4v) is 3.40. The van der Waals surface area contributed by atoms with Crippen LogP contribution in [0.3, 0.4) is 0 Å². The summed E-state index contributed by atoms with van der Waals surface area (Å²) in [6.07, 6.45) is -4.58. The molecule has 3 rings (SSSR count). The highest BCUT2D eigenvalue weighted by atomic mass is 19.4. The molecule has 1 amide bonds. The first kappa shape index (κ1) is 21.6. The highest BCUT2D eigenvalue weighted by molar-refractivity contribution is 6.11. The number of likely N-dealkylation sites (N-methyl/N-ethyl adjacent to an activating group) is 1. The Kier molecular flexibility index (Phi) is 5.98. The molecule has 0 aliphatic carbocycles. The van der Waals surface area contributed by atoms with Crippen LogP contribution in [0.2, 0.25) is 0 Å². The largest absolute Gasteiger partial charge is 0.418 e. The molecule has 0 saturated heterocycles. The number of nitrogens with zero attached hydrogens (tertiary/aromatic N) is 1. The summed E-state index contributed by atoms with van der Waals surface area (Å²) >= 11 is 0. The average Bonchev–Trinajstić information content (AvgIpc) is 3.01. The number of fused-ring (bicyclic) bond motifs is 1. The zero-order valence-electron chi connectivity index (χ0n) is 16.8. The lowest BCUT2D eigenvalue weighted by Crippen LogP contribution is -2.41. The number of benzene rings is 2. The molecule has 2 N–H and O–H groups in total. The number of halogens is 3. The van der Waals surface area contributed by atoms with Gasteiger partial charge in [0.05, 0.1) is 23.8 Å². The van der Waals surface area contributed by atoms with Crippen molar-refractivity contribution in [1.29, 1.82) is 0 Å². The molecule has 0 bridgehead atoms. The standard InChI is InChI=1S/C22H22F3N3O2/c1-13-20(15-8-4-6-10-17(15)26-13)21(30)14(2)28(3)12-19(29)27-18-11-7-5-9-16(18)22(23,24)25/h4-11,14,26H,12H2,1-3H3,(H,27,29)/t14-/m0/s1. The van der Waals surface area contributed by atoms with Gasteiger partial charge in [0.15, 0.2) is 5.78 Å². The Morgan fingerprint density at radius 1 is 1.10 bits per heavy atom. The van der Waals surface area contributed by atoms with Gasteiger partial charge in [0.2, 0.25) is 5.91 Å². The van der Waals surface area contributed by atoms with Crippen molar-refractivity contribution in [3.8, 4) is 0 Å². The van der Waals surface area contributed by atoms with Gasteiger partial charge in [0, 0.05) is 22.2 Å². The highest BCUT2D eigenvalue weighted by Crippen LogP contribution is 2.34. The number of para-hydroxylation sites is 2. The Morgan fingerprint density at radius 3 is 2.43 bits per heavy atom. The van der Waals surface area contributed by atoms with E-state index < -0.39 is 23.7 Å². The van der Waals surface area contributed by atoms with Gasteiger partial charge in [0.1, 0.15) is 0 Å². The first-order valence-electron chi connectivity index (χ1n) is 9.37. The Balaban J connectivity index is 1.73. The number of anilines is 1. The van der Waals surface area contributed by atoms with E-state index in [1.54, 1.807) is 20.9 Å². The molecule has 0 saturated carbocycles. The van der Waals surface area contributed by atoms with Gasteiger partial charge in [-0.15, -0.1) is 0 Å². The van der Waals surface area contributed by atoms with Crippen molar-refractivity contribution in [3.63, 3.8) is 0 Å². The van der Waals surface area contributed by atoms with Crippen LogP contribution in [-0.4, -0.2) is 41.2 Å². The lowest BCUT2D eigenvalue weighted by Gasteiger charge is -2.23. The van der Waals surface area contributed by atoms with Crippen LogP contribution in [-0.2, 0) is 11.0 Å². The van der Waals surface area contributed by atoms with E-state index in [9.17, 15) is 22.8 Å². The molecule has 8 heteroatoms. The van der Waals surface area contributed by atoms with E-state index in [4.69, 9.17) is 0 Å². The van der Waals surface area contributed by atoms with Crippen LogP contribution in [0.4, 0.5) is 18.9 Å². The summed E-state index contributed by atoms with van der Waals surface area (Å²) in [4.78, 5) is 30.1. The maximum absolute atomic E-state index is 13.1. The minimum atomic E-state index is -4.58. The van der Waals surface area contributed by atoms with E-state index in [-0.39, 0.29) is 18.0 Å². The molecule has 0 aliphatic heterocycles. The summed E-state index contributed by atoms with van der Waals surface area (Å²) in [5.41, 5.74) is 0.891. The van der Waals surface area contributed by atoms with E-state index in [2.05, 4.69) is 10.3 Å². The highest BCUT2D eigenvalue weighted by Gasteiger charge is 2.34. The number of H-pyrrole nitrogens is 1. The van der Waals surface area contributed by atoms with E-state index in [0.717, 1.165) is 22.7 Å². The SMILES string of the molecule is Cc1[nH]c2ccccc2c1C(=O)[C@H](C)N(C)CC(=O)Nc1ccccc1C(F)(F)F. The van der Waals surface area contributed by atoms with Crippen LogP contribution >= 0.6 is 0 Å². The molecule has 0 unspecified atom stereocenters. The van der Waals surface area contributed by atoms with Crippen molar-refractivity contribution in [2.45, 2.75) is 26.1 Å². The number of hydrogen-bond acceptors (Lipinski definition) is 3. The molecule has 1 aromatic heterocycles. The van der Waals surface area contributed by atoms with Gasteiger partial charge in [-0.25, -0.2) is 0 Å². The smallest absolute Gasteiger partial charge is 0.358 e. The first-order valence-corrected chi connectivity index (χ1v) is 9.37. The summed E-state index contributed by atoms with van der Waals surface area (Å²) in [6, 6.07) is 11.6. The summed E-state index contributed by atoms with van der Waals surface area (Å²) in [5, 5.41) is 3.09. The third-order valence-electron chi connectivity index (χ3n) is 5.08. The number of carbonyl (C=O) groups is 2. The summed E-state index contributed by atoms with van der Waals surface area (Å²) in [5.74, 6) is -0.805. The predicted molar refractivity (Wildman–Crippen MR) is 110 cm³/mol. The van der Waals surface area contributed by atoms with Crippen LogP contribution in [0.5, 0.6) is 0 Å². The number of aromatic amines is 1. The van der Waals surface area contributed by atoms with Crippen molar-refractivity contribution in [3.05, 3.63) is 65.4 Å². The topological polar surface area (TPSA) is 65.2 Å². The van der Waals surface area contributed by atoms with Gasteiger partial charge < -0.3 is 10.3 Å². The van der Waals surface area contributed by atoms with Crippen LogP contribution in [0, 0.1) is 6.92 Å². The van der Waals surface area contributed by atoms with Gasteiger partial charge in [-0.3, -0.25) is 14.5 Å². The second-order valence-electron chi connectivity index (χ2n) is 7.22. The fourth-order valence-electron chi connectivity index (χ4n) is 3.40. The molecule has 30 heavy (non-hydrogen) atoms. The minimum absolute atomic E-state index is 0.170. The van der Waals surface area contributed by atoms with E-state index in [1.807, 2.05) is 24.3 Å². The number of rotatable bonds is 6. The number of Topliss-reactive ketones (excluding diaryl/α,β-unsaturated/α-hetero) is 1. The number of alkyl halides is 3. The molecule has 0 aliphatic rings. The zero-order valence-corrected chi connectivity index (χ0v) is 16.8. The molecule has 0 radical (unpaired) electrons. The van der Waals surface area contributed by atoms with Crippen molar-refractivity contribution in [1.82, 2.24) is 9.88 Å². The Hall–Kier alpha value is -3.13. The quantitative estimate of drug-likeness (QED) is 0.575. The monoisotopic (exact) mass is 417 g/mol. The summed E-state index contributed by atoms with van der Waals surface area (Å²) in [7, 11) is 1.59. The molecule has 0 spiro atoms. The van der Waals surface area contributed by atoms with E-state index in [0.29, 0.717) is 5.56 Å². The third-order valence-corrected chi connectivity index (χ3v) is 5.08. The number of ketones is 1. The Labute approximate surface area is 171 Å².